The van der Waals surface area contributed by atoms with Crippen molar-refractivity contribution >= 4 is 45.9 Å². The summed E-state index contributed by atoms with van der Waals surface area (Å²) in [5, 5.41) is 1.60. The van der Waals surface area contributed by atoms with E-state index >= 15 is 0 Å². The number of piperazine rings is 1. The molecule has 28 heavy (non-hydrogen) atoms. The molecule has 2 heterocycles. The van der Waals surface area contributed by atoms with Gasteiger partial charge in [0, 0.05) is 31.6 Å². The Labute approximate surface area is 172 Å². The molecule has 5 nitrogen and oxygen atoms in total. The molecule has 2 aromatic carbocycles. The van der Waals surface area contributed by atoms with Crippen LogP contribution >= 0.6 is 23.2 Å². The maximum Gasteiger partial charge on any atom is 0.272 e. The fourth-order valence-corrected chi connectivity index (χ4v) is 3.68. The maximum absolute atomic E-state index is 12.8. The lowest BCUT2D eigenvalue weighted by Crippen LogP contribution is -2.50. The van der Waals surface area contributed by atoms with Crippen LogP contribution in [0.2, 0.25) is 10.0 Å². The van der Waals surface area contributed by atoms with E-state index in [9.17, 15) is 9.59 Å². The van der Waals surface area contributed by atoms with Crippen LogP contribution in [0.25, 0.3) is 10.9 Å². The average molecular weight is 414 g/mol. The van der Waals surface area contributed by atoms with Crippen LogP contribution in [0.1, 0.15) is 20.8 Å². The highest BCUT2D eigenvalue weighted by molar-refractivity contribution is 6.43. The first-order valence-electron chi connectivity index (χ1n) is 8.93. The van der Waals surface area contributed by atoms with Gasteiger partial charge in [0.25, 0.3) is 11.8 Å². The maximum atomic E-state index is 12.8. The Hall–Kier alpha value is -2.63. The molecule has 3 aromatic rings. The van der Waals surface area contributed by atoms with Crippen LogP contribution in [0.3, 0.4) is 0 Å². The number of aromatic nitrogens is 1. The number of hydrogen-bond donors (Lipinski definition) is 0. The molecule has 1 aromatic heterocycles. The summed E-state index contributed by atoms with van der Waals surface area (Å²) in [5.74, 6) is -0.304. The second-order valence-corrected chi connectivity index (χ2v) is 7.36. The highest BCUT2D eigenvalue weighted by atomic mass is 35.5. The molecule has 7 heteroatoms. The van der Waals surface area contributed by atoms with Gasteiger partial charge in [0.2, 0.25) is 0 Å². The van der Waals surface area contributed by atoms with E-state index in [1.165, 1.54) is 0 Å². The van der Waals surface area contributed by atoms with E-state index in [-0.39, 0.29) is 16.8 Å². The molecule has 4 rings (SSSR count). The third kappa shape index (κ3) is 3.55. The van der Waals surface area contributed by atoms with E-state index in [1.54, 1.807) is 34.1 Å². The second kappa shape index (κ2) is 7.78. The normalized spacial score (nSPS) is 14.4. The van der Waals surface area contributed by atoms with Crippen LogP contribution < -0.4 is 0 Å². The van der Waals surface area contributed by atoms with Crippen molar-refractivity contribution in [3.63, 3.8) is 0 Å². The first kappa shape index (κ1) is 18.7. The number of fused-ring (bicyclic) bond motifs is 1. The van der Waals surface area contributed by atoms with Crippen LogP contribution in [-0.2, 0) is 0 Å². The number of para-hydroxylation sites is 1. The number of carbonyl (C=O) groups is 2. The average Bonchev–Trinajstić information content (AvgIpc) is 2.74. The Bertz CT molecular complexity index is 1060. The topological polar surface area (TPSA) is 53.5 Å². The van der Waals surface area contributed by atoms with Crippen molar-refractivity contribution in [1.29, 1.82) is 0 Å². The lowest BCUT2D eigenvalue weighted by atomic mass is 10.1. The molecule has 142 valence electrons. The van der Waals surface area contributed by atoms with Crippen LogP contribution in [0.15, 0.2) is 54.6 Å². The van der Waals surface area contributed by atoms with Gasteiger partial charge in [-0.1, -0.05) is 53.5 Å². The van der Waals surface area contributed by atoms with Crippen LogP contribution in [0.4, 0.5) is 0 Å². The largest absolute Gasteiger partial charge is 0.335 e. The number of hydrogen-bond acceptors (Lipinski definition) is 3. The lowest BCUT2D eigenvalue weighted by molar-refractivity contribution is 0.0532. The minimum absolute atomic E-state index is 0.126. The predicted molar refractivity (Wildman–Crippen MR) is 110 cm³/mol. The zero-order valence-corrected chi connectivity index (χ0v) is 16.5. The zero-order chi connectivity index (χ0) is 19.7. The number of pyridine rings is 1. The van der Waals surface area contributed by atoms with Gasteiger partial charge in [-0.05, 0) is 24.3 Å². The van der Waals surface area contributed by atoms with E-state index in [1.807, 2.05) is 30.3 Å². The fourth-order valence-electron chi connectivity index (χ4n) is 3.30. The Balaban J connectivity index is 1.45. The highest BCUT2D eigenvalue weighted by Gasteiger charge is 2.27. The zero-order valence-electron chi connectivity index (χ0n) is 14.9. The lowest BCUT2D eigenvalue weighted by Gasteiger charge is -2.34. The van der Waals surface area contributed by atoms with E-state index < -0.39 is 0 Å². The Morgan fingerprint density at radius 1 is 0.786 bits per heavy atom. The number of amides is 2. The van der Waals surface area contributed by atoms with E-state index in [4.69, 9.17) is 23.2 Å². The van der Waals surface area contributed by atoms with Gasteiger partial charge < -0.3 is 9.80 Å². The Kier molecular flexibility index (Phi) is 5.20. The van der Waals surface area contributed by atoms with Crippen LogP contribution in [0.5, 0.6) is 0 Å². The van der Waals surface area contributed by atoms with Crippen molar-refractivity contribution in [1.82, 2.24) is 14.8 Å². The van der Waals surface area contributed by atoms with Gasteiger partial charge in [0.1, 0.15) is 5.69 Å². The summed E-state index contributed by atoms with van der Waals surface area (Å²) >= 11 is 12.2. The molecular formula is C21H17Cl2N3O2. The van der Waals surface area contributed by atoms with Crippen molar-refractivity contribution in [2.45, 2.75) is 0 Å². The molecular weight excluding hydrogens is 397 g/mol. The molecule has 0 radical (unpaired) electrons. The SMILES string of the molecule is O=C(c1ccc2ccccc2n1)N1CCN(C(=O)c2cccc(Cl)c2Cl)CC1. The smallest absolute Gasteiger partial charge is 0.272 e. The van der Waals surface area contributed by atoms with Gasteiger partial charge in [0.15, 0.2) is 0 Å². The van der Waals surface area contributed by atoms with Crippen molar-refractivity contribution in [2.24, 2.45) is 0 Å². The van der Waals surface area contributed by atoms with Gasteiger partial charge >= 0.3 is 0 Å². The molecule has 1 saturated heterocycles. The molecule has 0 unspecified atom stereocenters. The van der Waals surface area contributed by atoms with Crippen molar-refractivity contribution in [3.05, 3.63) is 75.9 Å². The van der Waals surface area contributed by atoms with E-state index in [0.717, 1.165) is 10.9 Å². The summed E-state index contributed by atoms with van der Waals surface area (Å²) in [6.45, 7) is 1.75. The third-order valence-corrected chi connectivity index (χ3v) is 5.67. The Morgan fingerprint density at radius 3 is 2.21 bits per heavy atom. The van der Waals surface area contributed by atoms with Gasteiger partial charge in [-0.15, -0.1) is 0 Å². The third-order valence-electron chi connectivity index (χ3n) is 4.85. The molecule has 1 aliphatic rings. The molecule has 0 atom stereocenters. The molecule has 1 aliphatic heterocycles. The van der Waals surface area contributed by atoms with E-state index in [2.05, 4.69) is 4.98 Å². The molecule has 0 spiro atoms. The number of nitrogens with zero attached hydrogens (tertiary/aromatic N) is 3. The quantitative estimate of drug-likeness (QED) is 0.634. The molecule has 2 amide bonds. The molecule has 0 aliphatic carbocycles. The number of rotatable bonds is 2. The van der Waals surface area contributed by atoms with Crippen LogP contribution in [0, 0.1) is 0 Å². The molecule has 0 saturated carbocycles. The molecule has 0 N–H and O–H groups in total. The summed E-state index contributed by atoms with van der Waals surface area (Å²) in [7, 11) is 0. The first-order valence-corrected chi connectivity index (χ1v) is 9.68. The Morgan fingerprint density at radius 2 is 1.46 bits per heavy atom. The predicted octanol–water partition coefficient (Wildman–Crippen LogP) is 4.14. The number of benzene rings is 2. The summed E-state index contributed by atoms with van der Waals surface area (Å²) in [6.07, 6.45) is 0. The highest BCUT2D eigenvalue weighted by Crippen LogP contribution is 2.27. The van der Waals surface area contributed by atoms with Gasteiger partial charge in [-0.3, -0.25) is 9.59 Å². The summed E-state index contributed by atoms with van der Waals surface area (Å²) in [6, 6.07) is 16.3. The molecule has 1 fully saturated rings. The minimum Gasteiger partial charge on any atom is -0.335 e. The monoisotopic (exact) mass is 413 g/mol. The summed E-state index contributed by atoms with van der Waals surface area (Å²) in [5.41, 5.74) is 1.58. The van der Waals surface area contributed by atoms with Gasteiger partial charge in [0.05, 0.1) is 21.1 Å². The van der Waals surface area contributed by atoms with Gasteiger partial charge in [-0.25, -0.2) is 4.98 Å². The second-order valence-electron chi connectivity index (χ2n) is 6.57. The molecule has 0 bridgehead atoms. The fraction of sp³-hybridized carbons (Fsp3) is 0.190. The van der Waals surface area contributed by atoms with Crippen LogP contribution in [-0.4, -0.2) is 52.8 Å². The van der Waals surface area contributed by atoms with Crippen molar-refractivity contribution in [3.8, 4) is 0 Å². The summed E-state index contributed by atoms with van der Waals surface area (Å²) < 4.78 is 0. The van der Waals surface area contributed by atoms with Crippen molar-refractivity contribution < 1.29 is 9.59 Å². The number of carbonyl (C=O) groups excluding carboxylic acids is 2. The van der Waals surface area contributed by atoms with Gasteiger partial charge in [-0.2, -0.15) is 0 Å². The van der Waals surface area contributed by atoms with E-state index in [0.29, 0.717) is 42.5 Å². The number of halogens is 2. The first-order chi connectivity index (χ1) is 13.5. The standard InChI is InChI=1S/C21H17Cl2N3O2/c22-16-6-3-5-15(19(16)23)20(27)25-10-12-26(13-11-25)21(28)18-9-8-14-4-1-2-7-17(14)24-18/h1-9H,10-13H2. The summed E-state index contributed by atoms with van der Waals surface area (Å²) in [4.78, 5) is 33.4. The minimum atomic E-state index is -0.177. The van der Waals surface area contributed by atoms with Crippen molar-refractivity contribution in [2.75, 3.05) is 26.2 Å².